The van der Waals surface area contributed by atoms with E-state index < -0.39 is 0 Å². The van der Waals surface area contributed by atoms with Gasteiger partial charge in [0.25, 0.3) is 0 Å². The molecule has 0 aliphatic heterocycles. The molecule has 1 fully saturated rings. The number of carbonyl (C=O) groups is 1. The first-order valence-electron chi connectivity index (χ1n) is 10.4. The minimum absolute atomic E-state index is 0.0546. The molecule has 1 aliphatic rings. The molecule has 4 rings (SSSR count). The topological polar surface area (TPSA) is 59.8 Å². The Morgan fingerprint density at radius 1 is 1.19 bits per heavy atom. The van der Waals surface area contributed by atoms with Gasteiger partial charge in [-0.1, -0.05) is 41.7 Å². The molecule has 0 atom stereocenters. The van der Waals surface area contributed by atoms with Crippen LogP contribution in [0.15, 0.2) is 70.1 Å². The second kappa shape index (κ2) is 9.75. The number of aryl methyl sites for hydroxylation is 2. The molecular formula is C24H26N4OS2. The Labute approximate surface area is 191 Å². The average molecular weight is 451 g/mol. The molecule has 0 saturated heterocycles. The normalized spacial score (nSPS) is 13.2. The van der Waals surface area contributed by atoms with E-state index in [1.807, 2.05) is 30.3 Å². The molecule has 31 heavy (non-hydrogen) atoms. The van der Waals surface area contributed by atoms with Crippen LogP contribution in [0.5, 0.6) is 0 Å². The number of hydrogen-bond acceptors (Lipinski definition) is 5. The summed E-state index contributed by atoms with van der Waals surface area (Å²) in [5.41, 5.74) is 3.31. The zero-order valence-electron chi connectivity index (χ0n) is 17.8. The first-order chi connectivity index (χ1) is 15.0. The molecule has 2 aromatic carbocycles. The van der Waals surface area contributed by atoms with Gasteiger partial charge in [-0.15, -0.1) is 16.8 Å². The van der Waals surface area contributed by atoms with Crippen LogP contribution < -0.4 is 5.32 Å². The van der Waals surface area contributed by atoms with Crippen LogP contribution in [0.1, 0.15) is 35.7 Å². The Bertz CT molecular complexity index is 1090. The predicted octanol–water partition coefficient (Wildman–Crippen LogP) is 5.84. The summed E-state index contributed by atoms with van der Waals surface area (Å²) in [6, 6.07) is 14.4. The Morgan fingerprint density at radius 2 is 1.97 bits per heavy atom. The van der Waals surface area contributed by atoms with E-state index in [0.29, 0.717) is 18.2 Å². The molecule has 1 saturated carbocycles. The maximum absolute atomic E-state index is 12.5. The minimum Gasteiger partial charge on any atom is -0.325 e. The van der Waals surface area contributed by atoms with Gasteiger partial charge in [0.1, 0.15) is 5.82 Å². The number of hydrogen-bond donors (Lipinski definition) is 1. The average Bonchev–Trinajstić information content (AvgIpc) is 3.52. The van der Waals surface area contributed by atoms with Crippen molar-refractivity contribution in [2.24, 2.45) is 0 Å². The second-order valence-corrected chi connectivity index (χ2v) is 9.80. The van der Waals surface area contributed by atoms with Crippen molar-refractivity contribution in [1.82, 2.24) is 14.8 Å². The lowest BCUT2D eigenvalue weighted by Crippen LogP contribution is -2.14. The smallest absolute Gasteiger partial charge is 0.234 e. The zero-order valence-corrected chi connectivity index (χ0v) is 19.4. The number of aromatic nitrogens is 3. The number of carbonyl (C=O) groups excluding carboxylic acids is 1. The second-order valence-electron chi connectivity index (χ2n) is 7.75. The molecule has 0 radical (unpaired) electrons. The highest BCUT2D eigenvalue weighted by Crippen LogP contribution is 2.40. The number of nitrogens with one attached hydrogen (secondary N) is 1. The number of rotatable bonds is 9. The molecule has 1 aromatic heterocycles. The van der Waals surface area contributed by atoms with Gasteiger partial charge in [-0.2, -0.15) is 0 Å². The maximum Gasteiger partial charge on any atom is 0.234 e. The fourth-order valence-corrected chi connectivity index (χ4v) is 4.98. The first kappa shape index (κ1) is 21.7. The van der Waals surface area contributed by atoms with Crippen molar-refractivity contribution in [3.63, 3.8) is 0 Å². The molecule has 7 heteroatoms. The van der Waals surface area contributed by atoms with Crippen molar-refractivity contribution in [2.45, 2.75) is 54.1 Å². The van der Waals surface area contributed by atoms with Gasteiger partial charge in [0, 0.05) is 27.9 Å². The summed E-state index contributed by atoms with van der Waals surface area (Å²) >= 11 is 3.15. The molecular weight excluding hydrogens is 424 g/mol. The third-order valence-electron chi connectivity index (χ3n) is 5.04. The lowest BCUT2D eigenvalue weighted by molar-refractivity contribution is -0.113. The van der Waals surface area contributed by atoms with Gasteiger partial charge < -0.3 is 9.88 Å². The highest BCUT2D eigenvalue weighted by atomic mass is 32.2. The van der Waals surface area contributed by atoms with Crippen LogP contribution >= 0.6 is 23.5 Å². The third kappa shape index (κ3) is 5.60. The van der Waals surface area contributed by atoms with Crippen molar-refractivity contribution in [2.75, 3.05) is 11.1 Å². The van der Waals surface area contributed by atoms with E-state index in [1.54, 1.807) is 11.8 Å². The van der Waals surface area contributed by atoms with E-state index in [0.717, 1.165) is 34.4 Å². The quantitative estimate of drug-likeness (QED) is 0.328. The Morgan fingerprint density at radius 3 is 2.68 bits per heavy atom. The van der Waals surface area contributed by atoms with Gasteiger partial charge in [-0.3, -0.25) is 4.79 Å². The number of nitrogens with zero attached hydrogens (tertiary/aromatic N) is 3. The summed E-state index contributed by atoms with van der Waals surface area (Å²) < 4.78 is 2.07. The molecule has 1 N–H and O–H groups in total. The number of anilines is 1. The van der Waals surface area contributed by atoms with Crippen LogP contribution in [0, 0.1) is 13.8 Å². The lowest BCUT2D eigenvalue weighted by atomic mass is 10.2. The van der Waals surface area contributed by atoms with Crippen LogP contribution in [0.2, 0.25) is 0 Å². The van der Waals surface area contributed by atoms with E-state index in [4.69, 9.17) is 0 Å². The standard InChI is InChI=1S/C24H26N4OS2/c1-4-13-28-23(18-7-8-18)26-27-24(28)30-15-22(29)25-19-9-11-20(12-10-19)31-21-14-16(2)5-6-17(21)3/h4-6,9-12,14,18H,1,7-8,13,15H2,2-3H3,(H,25,29). The van der Waals surface area contributed by atoms with Crippen molar-refractivity contribution in [3.05, 3.63) is 72.1 Å². The van der Waals surface area contributed by atoms with Crippen LogP contribution in [0.25, 0.3) is 0 Å². The zero-order chi connectivity index (χ0) is 21.8. The molecule has 0 unspecified atom stereocenters. The Kier molecular flexibility index (Phi) is 6.83. The van der Waals surface area contributed by atoms with Crippen LogP contribution in [0.4, 0.5) is 5.69 Å². The number of amides is 1. The molecule has 1 heterocycles. The van der Waals surface area contributed by atoms with E-state index >= 15 is 0 Å². The van der Waals surface area contributed by atoms with Crippen molar-refractivity contribution in [1.29, 1.82) is 0 Å². The van der Waals surface area contributed by atoms with Crippen molar-refractivity contribution in [3.8, 4) is 0 Å². The summed E-state index contributed by atoms with van der Waals surface area (Å²) in [4.78, 5) is 14.8. The van der Waals surface area contributed by atoms with Crippen LogP contribution in [0.3, 0.4) is 0 Å². The van der Waals surface area contributed by atoms with E-state index in [-0.39, 0.29) is 5.91 Å². The van der Waals surface area contributed by atoms with E-state index in [2.05, 4.69) is 58.7 Å². The summed E-state index contributed by atoms with van der Waals surface area (Å²) in [5, 5.41) is 12.4. The Hall–Kier alpha value is -2.51. The Balaban J connectivity index is 1.33. The lowest BCUT2D eigenvalue weighted by Gasteiger charge is -2.09. The SMILES string of the molecule is C=CCn1c(SCC(=O)Nc2ccc(Sc3cc(C)ccc3C)cc2)nnc1C1CC1. The largest absolute Gasteiger partial charge is 0.325 e. The van der Waals surface area contributed by atoms with E-state index in [1.165, 1.54) is 27.8 Å². The first-order valence-corrected chi connectivity index (χ1v) is 12.2. The molecule has 5 nitrogen and oxygen atoms in total. The van der Waals surface area contributed by atoms with Crippen molar-refractivity contribution >= 4 is 35.1 Å². The summed E-state index contributed by atoms with van der Waals surface area (Å²) in [6.07, 6.45) is 4.17. The number of benzene rings is 2. The highest BCUT2D eigenvalue weighted by Gasteiger charge is 2.30. The number of allylic oxidation sites excluding steroid dienone is 1. The molecule has 1 amide bonds. The monoisotopic (exact) mass is 450 g/mol. The maximum atomic E-state index is 12.5. The van der Waals surface area contributed by atoms with Gasteiger partial charge >= 0.3 is 0 Å². The predicted molar refractivity (Wildman–Crippen MR) is 128 cm³/mol. The van der Waals surface area contributed by atoms with Gasteiger partial charge in [-0.05, 0) is 68.1 Å². The van der Waals surface area contributed by atoms with Crippen LogP contribution in [-0.2, 0) is 11.3 Å². The number of thioether (sulfide) groups is 1. The van der Waals surface area contributed by atoms with Gasteiger partial charge in [0.15, 0.2) is 5.16 Å². The fraction of sp³-hybridized carbons (Fsp3) is 0.292. The summed E-state index contributed by atoms with van der Waals surface area (Å²) in [6.45, 7) is 8.72. The van der Waals surface area contributed by atoms with Crippen LogP contribution in [-0.4, -0.2) is 26.4 Å². The van der Waals surface area contributed by atoms with Gasteiger partial charge in [-0.25, -0.2) is 0 Å². The summed E-state index contributed by atoms with van der Waals surface area (Å²) in [5.74, 6) is 1.76. The highest BCUT2D eigenvalue weighted by molar-refractivity contribution is 7.99. The van der Waals surface area contributed by atoms with Gasteiger partial charge in [0.05, 0.1) is 5.75 Å². The fourth-order valence-electron chi connectivity index (χ4n) is 3.23. The minimum atomic E-state index is -0.0546. The molecule has 0 bridgehead atoms. The molecule has 0 spiro atoms. The van der Waals surface area contributed by atoms with Gasteiger partial charge in [0.2, 0.25) is 5.91 Å². The van der Waals surface area contributed by atoms with E-state index in [9.17, 15) is 4.79 Å². The molecule has 3 aromatic rings. The van der Waals surface area contributed by atoms with Crippen molar-refractivity contribution < 1.29 is 4.79 Å². The summed E-state index contributed by atoms with van der Waals surface area (Å²) in [7, 11) is 0. The molecule has 160 valence electrons. The third-order valence-corrected chi connectivity index (χ3v) is 7.18. The molecule has 1 aliphatic carbocycles.